The van der Waals surface area contributed by atoms with Crippen molar-refractivity contribution in [2.45, 2.75) is 56.8 Å². The summed E-state index contributed by atoms with van der Waals surface area (Å²) in [6.07, 6.45) is 1.18. The molecular formula is C14H22ClNS. The highest BCUT2D eigenvalue weighted by atomic mass is 35.5. The van der Waals surface area contributed by atoms with Gasteiger partial charge in [0.25, 0.3) is 0 Å². The van der Waals surface area contributed by atoms with Gasteiger partial charge in [0.15, 0.2) is 0 Å². The van der Waals surface area contributed by atoms with Gasteiger partial charge in [-0.15, -0.1) is 11.8 Å². The summed E-state index contributed by atoms with van der Waals surface area (Å²) in [5.41, 5.74) is 1.17. The van der Waals surface area contributed by atoms with Gasteiger partial charge in [-0.2, -0.15) is 0 Å². The van der Waals surface area contributed by atoms with Crippen molar-refractivity contribution in [1.29, 1.82) is 0 Å². The Balaban J connectivity index is 2.65. The maximum Gasteiger partial charge on any atom is 0.0462 e. The summed E-state index contributed by atoms with van der Waals surface area (Å²) in [4.78, 5) is 1.26. The Bertz CT molecular complexity index is 352. The minimum atomic E-state index is 0.486. The van der Waals surface area contributed by atoms with Gasteiger partial charge in [0.1, 0.15) is 0 Å². The molecule has 0 fully saturated rings. The molecule has 0 saturated carbocycles. The molecular weight excluding hydrogens is 250 g/mol. The summed E-state index contributed by atoms with van der Waals surface area (Å²) in [5, 5.41) is 4.89. The van der Waals surface area contributed by atoms with Gasteiger partial charge < -0.3 is 5.32 Å². The molecule has 1 atom stereocenters. The molecule has 0 aliphatic carbocycles. The molecule has 0 amide bonds. The maximum absolute atomic E-state index is 6.29. The van der Waals surface area contributed by atoms with Crippen molar-refractivity contribution in [3.05, 3.63) is 28.8 Å². The summed E-state index contributed by atoms with van der Waals surface area (Å²) in [7, 11) is 0. The first-order chi connectivity index (χ1) is 8.02. The van der Waals surface area contributed by atoms with Gasteiger partial charge in [-0.1, -0.05) is 45.4 Å². The van der Waals surface area contributed by atoms with E-state index in [1.165, 1.54) is 16.9 Å². The lowest BCUT2D eigenvalue weighted by molar-refractivity contribution is 0.589. The van der Waals surface area contributed by atoms with Gasteiger partial charge in [-0.25, -0.2) is 0 Å². The van der Waals surface area contributed by atoms with E-state index in [-0.39, 0.29) is 0 Å². The third kappa shape index (κ3) is 5.33. The quantitative estimate of drug-likeness (QED) is 0.751. The van der Waals surface area contributed by atoms with Crippen LogP contribution >= 0.6 is 23.4 Å². The average Bonchev–Trinajstić information content (AvgIpc) is 2.27. The van der Waals surface area contributed by atoms with E-state index in [0.29, 0.717) is 11.3 Å². The van der Waals surface area contributed by atoms with Crippen LogP contribution in [-0.2, 0) is 6.54 Å². The Hall–Kier alpha value is -0.180. The van der Waals surface area contributed by atoms with Crippen molar-refractivity contribution < 1.29 is 0 Å². The van der Waals surface area contributed by atoms with Crippen LogP contribution in [0.15, 0.2) is 23.1 Å². The molecule has 3 heteroatoms. The fourth-order valence-electron chi connectivity index (χ4n) is 1.37. The third-order valence-electron chi connectivity index (χ3n) is 2.64. The number of halogens is 1. The van der Waals surface area contributed by atoms with Crippen molar-refractivity contribution in [3.8, 4) is 0 Å². The molecule has 0 aliphatic heterocycles. The lowest BCUT2D eigenvalue weighted by Crippen LogP contribution is -2.21. The van der Waals surface area contributed by atoms with E-state index < -0.39 is 0 Å². The first kappa shape index (κ1) is 14.9. The molecule has 1 unspecified atom stereocenters. The standard InChI is InChI=1S/C14H22ClNS/c1-5-11(4)17-13-7-6-12(14(15)8-13)9-16-10(2)3/h6-8,10-11,16H,5,9H2,1-4H3. The van der Waals surface area contributed by atoms with Crippen LogP contribution in [-0.4, -0.2) is 11.3 Å². The molecule has 96 valence electrons. The molecule has 1 aromatic rings. The lowest BCUT2D eigenvalue weighted by atomic mass is 10.2. The monoisotopic (exact) mass is 271 g/mol. The first-order valence-electron chi connectivity index (χ1n) is 6.21. The number of hydrogen-bond donors (Lipinski definition) is 1. The summed E-state index contributed by atoms with van der Waals surface area (Å²) in [6, 6.07) is 6.86. The van der Waals surface area contributed by atoms with Crippen LogP contribution < -0.4 is 5.32 Å². The van der Waals surface area contributed by atoms with Crippen molar-refractivity contribution in [1.82, 2.24) is 5.32 Å². The molecule has 1 N–H and O–H groups in total. The molecule has 1 nitrogen and oxygen atoms in total. The van der Waals surface area contributed by atoms with Gasteiger partial charge in [0, 0.05) is 27.8 Å². The zero-order valence-electron chi connectivity index (χ0n) is 11.1. The van der Waals surface area contributed by atoms with Crippen LogP contribution in [0, 0.1) is 0 Å². The highest BCUT2D eigenvalue weighted by molar-refractivity contribution is 7.99. The van der Waals surface area contributed by atoms with Crippen LogP contribution in [0.5, 0.6) is 0 Å². The number of thioether (sulfide) groups is 1. The van der Waals surface area contributed by atoms with Crippen LogP contribution in [0.1, 0.15) is 39.7 Å². The molecule has 0 spiro atoms. The summed E-state index contributed by atoms with van der Waals surface area (Å²) >= 11 is 8.17. The zero-order valence-corrected chi connectivity index (χ0v) is 12.7. The first-order valence-corrected chi connectivity index (χ1v) is 7.47. The molecule has 0 aliphatic rings. The third-order valence-corrected chi connectivity index (χ3v) is 4.25. The van der Waals surface area contributed by atoms with Gasteiger partial charge in [0.2, 0.25) is 0 Å². The molecule has 17 heavy (non-hydrogen) atoms. The van der Waals surface area contributed by atoms with E-state index in [4.69, 9.17) is 11.6 Å². The van der Waals surface area contributed by atoms with Gasteiger partial charge >= 0.3 is 0 Å². The smallest absolute Gasteiger partial charge is 0.0462 e. The molecule has 0 saturated heterocycles. The van der Waals surface area contributed by atoms with E-state index in [0.717, 1.165) is 11.6 Å². The number of rotatable bonds is 6. The average molecular weight is 272 g/mol. The second kappa shape index (κ2) is 7.30. The van der Waals surface area contributed by atoms with E-state index >= 15 is 0 Å². The lowest BCUT2D eigenvalue weighted by Gasteiger charge is -2.12. The minimum absolute atomic E-state index is 0.486. The van der Waals surface area contributed by atoms with Crippen LogP contribution in [0.25, 0.3) is 0 Å². The van der Waals surface area contributed by atoms with E-state index in [1.807, 2.05) is 11.8 Å². The zero-order chi connectivity index (χ0) is 12.8. The molecule has 1 rings (SSSR count). The molecule has 0 heterocycles. The van der Waals surface area contributed by atoms with Gasteiger partial charge in [-0.05, 0) is 24.1 Å². The van der Waals surface area contributed by atoms with Crippen LogP contribution in [0.3, 0.4) is 0 Å². The predicted octanol–water partition coefficient (Wildman–Crippen LogP) is 4.73. The number of benzene rings is 1. The fraction of sp³-hybridized carbons (Fsp3) is 0.571. The van der Waals surface area contributed by atoms with Crippen molar-refractivity contribution >= 4 is 23.4 Å². The highest BCUT2D eigenvalue weighted by Gasteiger charge is 2.06. The summed E-state index contributed by atoms with van der Waals surface area (Å²) in [5.74, 6) is 0. The van der Waals surface area contributed by atoms with Crippen molar-refractivity contribution in [2.75, 3.05) is 0 Å². The van der Waals surface area contributed by atoms with E-state index in [1.54, 1.807) is 0 Å². The van der Waals surface area contributed by atoms with Crippen LogP contribution in [0.2, 0.25) is 5.02 Å². The molecule has 0 bridgehead atoms. The van der Waals surface area contributed by atoms with Gasteiger partial charge in [0.05, 0.1) is 0 Å². The van der Waals surface area contributed by atoms with E-state index in [2.05, 4.69) is 51.2 Å². The van der Waals surface area contributed by atoms with E-state index in [9.17, 15) is 0 Å². The van der Waals surface area contributed by atoms with Crippen molar-refractivity contribution in [2.24, 2.45) is 0 Å². The largest absolute Gasteiger partial charge is 0.310 e. The Kier molecular flexibility index (Phi) is 6.39. The fourth-order valence-corrected chi connectivity index (χ4v) is 2.65. The topological polar surface area (TPSA) is 12.0 Å². The second-order valence-electron chi connectivity index (χ2n) is 4.63. The summed E-state index contributed by atoms with van der Waals surface area (Å²) in [6.45, 7) is 9.57. The Morgan fingerprint density at radius 1 is 1.29 bits per heavy atom. The molecule has 0 aromatic heterocycles. The maximum atomic E-state index is 6.29. The number of hydrogen-bond acceptors (Lipinski definition) is 2. The number of nitrogens with one attached hydrogen (secondary N) is 1. The Labute approximate surface area is 114 Å². The molecule has 1 aromatic carbocycles. The normalized spacial score (nSPS) is 13.1. The Morgan fingerprint density at radius 3 is 2.53 bits per heavy atom. The summed E-state index contributed by atoms with van der Waals surface area (Å²) < 4.78 is 0. The second-order valence-corrected chi connectivity index (χ2v) is 6.54. The SMILES string of the molecule is CCC(C)Sc1ccc(CNC(C)C)c(Cl)c1. The predicted molar refractivity (Wildman–Crippen MR) is 79.0 cm³/mol. The molecule has 0 radical (unpaired) electrons. The van der Waals surface area contributed by atoms with Crippen molar-refractivity contribution in [3.63, 3.8) is 0 Å². The van der Waals surface area contributed by atoms with Gasteiger partial charge in [-0.3, -0.25) is 0 Å². The highest BCUT2D eigenvalue weighted by Crippen LogP contribution is 2.29. The van der Waals surface area contributed by atoms with Crippen LogP contribution in [0.4, 0.5) is 0 Å². The Morgan fingerprint density at radius 2 is 2.00 bits per heavy atom. The minimum Gasteiger partial charge on any atom is -0.310 e.